The van der Waals surface area contributed by atoms with Gasteiger partial charge in [-0.15, -0.1) is 0 Å². The summed E-state index contributed by atoms with van der Waals surface area (Å²) in [6.07, 6.45) is 0. The summed E-state index contributed by atoms with van der Waals surface area (Å²) >= 11 is 0. The molecule has 0 amide bonds. The van der Waals surface area contributed by atoms with Gasteiger partial charge < -0.3 is 49.3 Å². The minimum atomic E-state index is 0. The Morgan fingerprint density at radius 2 is 0.231 bits per heavy atom. The largest absolute Gasteiger partial charge is 5.00 e. The van der Waals surface area contributed by atoms with Gasteiger partial charge in [-0.1, -0.05) is 0 Å². The first-order valence-electron chi connectivity index (χ1n) is 0. The maximum Gasteiger partial charge on any atom is 5.00 e. The second-order valence-corrected chi connectivity index (χ2v) is 0. The maximum atomic E-state index is 0. The standard InChI is InChI=1S/9O.2Sn.2V/q9*-2;2*+4;2*+5. The summed E-state index contributed by atoms with van der Waals surface area (Å²) in [4.78, 5) is 0. The van der Waals surface area contributed by atoms with Gasteiger partial charge in [0.05, 0.1) is 0 Å². The van der Waals surface area contributed by atoms with Gasteiger partial charge in [0.25, 0.3) is 0 Å². The van der Waals surface area contributed by atoms with Crippen LogP contribution in [0.5, 0.6) is 0 Å². The summed E-state index contributed by atoms with van der Waals surface area (Å²) in [6.45, 7) is 0. The van der Waals surface area contributed by atoms with Crippen LogP contribution in [0, 0.1) is 0 Å². The molecule has 13 heteroatoms. The van der Waals surface area contributed by atoms with Crippen LogP contribution in [0.3, 0.4) is 0 Å². The molecular formula is O9Sn2V2. The molecule has 0 atom stereocenters. The van der Waals surface area contributed by atoms with Crippen LogP contribution in [0.2, 0.25) is 0 Å². The second-order valence-electron chi connectivity index (χ2n) is 0. The molecule has 0 aliphatic rings. The Balaban J connectivity index is 0. The van der Waals surface area contributed by atoms with Gasteiger partial charge in [0.15, 0.2) is 0 Å². The number of rotatable bonds is 0. The zero-order chi connectivity index (χ0) is 0. The van der Waals surface area contributed by atoms with Crippen molar-refractivity contribution in [2.45, 2.75) is 0 Å². The fourth-order valence-corrected chi connectivity index (χ4v) is 0. The minimum Gasteiger partial charge on any atom is -2.00 e. The Morgan fingerprint density at radius 1 is 0.231 bits per heavy atom. The summed E-state index contributed by atoms with van der Waals surface area (Å²) in [6, 6.07) is 0. The predicted molar refractivity (Wildman–Crippen MR) is 17.7 cm³/mol. The van der Waals surface area contributed by atoms with Gasteiger partial charge in [0, 0.05) is 0 Å². The SMILES string of the molecule is [O-2].[O-2].[O-2].[O-2].[O-2].[O-2].[O-2].[O-2].[O-2].[Sn+4].[Sn+4].[V+5].[V+5]. The van der Waals surface area contributed by atoms with E-state index in [0.717, 1.165) is 0 Å². The Hall–Kier alpha value is 2.41. The molecule has 0 radical (unpaired) electrons. The van der Waals surface area contributed by atoms with Gasteiger partial charge in [-0.3, -0.25) is 0 Å². The summed E-state index contributed by atoms with van der Waals surface area (Å²) in [5, 5.41) is 0. The van der Waals surface area contributed by atoms with Crippen molar-refractivity contribution in [1.82, 2.24) is 0 Å². The molecule has 0 aromatic carbocycles. The normalized spacial score (nSPS) is 0. The van der Waals surface area contributed by atoms with Crippen molar-refractivity contribution in [3.8, 4) is 0 Å². The van der Waals surface area contributed by atoms with E-state index in [1.165, 1.54) is 0 Å². The van der Waals surface area contributed by atoms with E-state index in [4.69, 9.17) is 0 Å². The molecular weight excluding hydrogens is 483 g/mol. The van der Waals surface area contributed by atoms with Gasteiger partial charge >= 0.3 is 84.9 Å². The molecule has 72 valence electrons. The van der Waals surface area contributed by atoms with Crippen LogP contribution in [0.25, 0.3) is 0 Å². The van der Waals surface area contributed by atoms with E-state index in [1.54, 1.807) is 0 Å². The molecule has 0 aromatic heterocycles. The quantitative estimate of drug-likeness (QED) is 0.344. The molecule has 0 aliphatic heterocycles. The Morgan fingerprint density at radius 3 is 0.231 bits per heavy atom. The average Bonchev–Trinajstić information content (AvgIpc) is 0. The van der Waals surface area contributed by atoms with Crippen LogP contribution < -0.4 is 0 Å². The van der Waals surface area contributed by atoms with Crippen LogP contribution in [0.4, 0.5) is 0 Å². The molecule has 9 nitrogen and oxygen atoms in total. The first kappa shape index (κ1) is 552. The van der Waals surface area contributed by atoms with Crippen molar-refractivity contribution < 1.29 is 86.4 Å². The molecule has 0 saturated heterocycles. The molecule has 0 spiro atoms. The smallest absolute Gasteiger partial charge is 2.00 e. The molecule has 0 aromatic rings. The first-order valence-corrected chi connectivity index (χ1v) is 0. The molecule has 0 saturated carbocycles. The summed E-state index contributed by atoms with van der Waals surface area (Å²) in [7, 11) is 0. The topological polar surface area (TPSA) is 256 Å². The van der Waals surface area contributed by atoms with Gasteiger partial charge in [-0.05, 0) is 0 Å². The molecule has 0 aliphatic carbocycles. The third-order valence-electron chi connectivity index (χ3n) is 0. The van der Waals surface area contributed by atoms with Gasteiger partial charge in [0.2, 0.25) is 0 Å². The van der Waals surface area contributed by atoms with Crippen molar-refractivity contribution in [3.63, 3.8) is 0 Å². The van der Waals surface area contributed by atoms with Gasteiger partial charge in [0.1, 0.15) is 0 Å². The van der Waals surface area contributed by atoms with E-state index in [-0.39, 0.29) is 134 Å². The van der Waals surface area contributed by atoms with Crippen molar-refractivity contribution in [2.75, 3.05) is 0 Å². The van der Waals surface area contributed by atoms with Crippen LogP contribution in [-0.2, 0) is 86.4 Å². The van der Waals surface area contributed by atoms with Crippen molar-refractivity contribution in [3.05, 3.63) is 0 Å². The average molecular weight is 483 g/mol. The van der Waals surface area contributed by atoms with E-state index in [1.807, 2.05) is 0 Å². The fraction of sp³-hybridized carbons (Fsp3) is 0. The number of hydrogen-bond acceptors (Lipinski definition) is 0. The molecule has 0 rings (SSSR count). The van der Waals surface area contributed by atoms with Crippen molar-refractivity contribution >= 4 is 47.8 Å². The van der Waals surface area contributed by atoms with Crippen LogP contribution in [-0.4, -0.2) is 47.8 Å². The van der Waals surface area contributed by atoms with E-state index in [9.17, 15) is 0 Å². The van der Waals surface area contributed by atoms with E-state index < -0.39 is 0 Å². The molecule has 0 unspecified atom stereocenters. The third-order valence-corrected chi connectivity index (χ3v) is 0. The Bertz CT molecular complexity index is 15.6. The molecule has 0 heterocycles. The zero-order valence-electron chi connectivity index (χ0n) is 5.57. The number of hydrogen-bond donors (Lipinski definition) is 0. The van der Waals surface area contributed by atoms with Crippen LogP contribution in [0.1, 0.15) is 0 Å². The second kappa shape index (κ2) is 447. The Labute approximate surface area is 133 Å². The van der Waals surface area contributed by atoms with Crippen LogP contribution >= 0.6 is 0 Å². The Kier molecular flexibility index (Phi) is 19000. The fourth-order valence-electron chi connectivity index (χ4n) is 0. The monoisotopic (exact) mass is 486 g/mol. The molecule has 0 bridgehead atoms. The zero-order valence-corrected chi connectivity index (χ0v) is 14.1. The molecule has 0 fully saturated rings. The van der Waals surface area contributed by atoms with Crippen LogP contribution in [0.15, 0.2) is 0 Å². The maximum absolute atomic E-state index is 0. The molecule has 13 heavy (non-hydrogen) atoms. The van der Waals surface area contributed by atoms with Gasteiger partial charge in [-0.2, -0.15) is 0 Å². The first-order chi connectivity index (χ1) is 0. The minimum absolute atomic E-state index is 0. The van der Waals surface area contributed by atoms with E-state index >= 15 is 0 Å². The predicted octanol–water partition coefficient (Wildman–Crippen LogP) is -1.84. The summed E-state index contributed by atoms with van der Waals surface area (Å²) < 4.78 is 0. The van der Waals surface area contributed by atoms with Crippen molar-refractivity contribution in [2.24, 2.45) is 0 Å². The van der Waals surface area contributed by atoms with Crippen molar-refractivity contribution in [1.29, 1.82) is 0 Å². The van der Waals surface area contributed by atoms with Gasteiger partial charge in [-0.25, -0.2) is 0 Å². The van der Waals surface area contributed by atoms with E-state index in [2.05, 4.69) is 0 Å². The summed E-state index contributed by atoms with van der Waals surface area (Å²) in [5.41, 5.74) is 0. The molecule has 0 N–H and O–H groups in total. The van der Waals surface area contributed by atoms with E-state index in [0.29, 0.717) is 0 Å². The summed E-state index contributed by atoms with van der Waals surface area (Å²) in [5.74, 6) is 0. The third kappa shape index (κ3) is 383.